The van der Waals surface area contributed by atoms with Crippen LogP contribution >= 0.6 is 0 Å². The van der Waals surface area contributed by atoms with Crippen molar-refractivity contribution in [1.29, 1.82) is 0 Å². The zero-order valence-electron chi connectivity index (χ0n) is 27.9. The molecule has 1 aromatic carbocycles. The van der Waals surface area contributed by atoms with Crippen LogP contribution in [0.3, 0.4) is 0 Å². The number of likely N-dealkylation sites (N-methyl/N-ethyl adjacent to an activating group) is 1. The first kappa shape index (κ1) is 34.0. The smallest absolute Gasteiger partial charge is 0.282 e. The number of aromatic nitrogens is 3. The Hall–Kier alpha value is -2.89. The molecule has 44 heavy (non-hydrogen) atoms. The van der Waals surface area contributed by atoms with E-state index in [1.54, 1.807) is 12.0 Å². The highest BCUT2D eigenvalue weighted by molar-refractivity contribution is 5.97. The summed E-state index contributed by atoms with van der Waals surface area (Å²) in [4.78, 5) is 26.8. The highest BCUT2D eigenvalue weighted by Crippen LogP contribution is 2.45. The summed E-state index contributed by atoms with van der Waals surface area (Å²) in [6.07, 6.45) is 3.66. The molecule has 11 heteroatoms. The van der Waals surface area contributed by atoms with Crippen molar-refractivity contribution in [3.63, 3.8) is 0 Å². The number of ether oxygens (including phenoxy) is 2. The van der Waals surface area contributed by atoms with Crippen molar-refractivity contribution in [2.24, 2.45) is 17.3 Å². The van der Waals surface area contributed by atoms with Crippen LogP contribution in [0.4, 0.5) is 10.2 Å². The van der Waals surface area contributed by atoms with Gasteiger partial charge in [-0.1, -0.05) is 20.8 Å². The zero-order chi connectivity index (χ0) is 32.0. The molecule has 2 atom stereocenters. The van der Waals surface area contributed by atoms with E-state index in [0.29, 0.717) is 30.2 Å². The minimum atomic E-state index is -0.499. The summed E-state index contributed by atoms with van der Waals surface area (Å²) in [7, 11) is 3.93. The highest BCUT2D eigenvalue weighted by Gasteiger charge is 2.50. The number of carbonyl (C=O) groups excluding carboxylic acids is 1. The van der Waals surface area contributed by atoms with Crippen molar-refractivity contribution in [1.82, 2.24) is 29.9 Å². The first-order valence-corrected chi connectivity index (χ1v) is 16.1. The van der Waals surface area contributed by atoms with E-state index in [0.717, 1.165) is 52.3 Å². The Morgan fingerprint density at radius 1 is 1.16 bits per heavy atom. The number of methoxy groups -OCH3 is 1. The van der Waals surface area contributed by atoms with Crippen molar-refractivity contribution in [3.8, 4) is 11.6 Å². The number of anilines is 1. The molecule has 0 bridgehead atoms. The van der Waals surface area contributed by atoms with E-state index in [-0.39, 0.29) is 34.6 Å². The number of hydrogen-bond donors (Lipinski definition) is 0. The third-order valence-electron chi connectivity index (χ3n) is 9.17. The number of rotatable bonds is 15. The molecule has 2 saturated heterocycles. The molecule has 244 valence electrons. The van der Waals surface area contributed by atoms with Crippen molar-refractivity contribution in [2.75, 3.05) is 71.5 Å². The molecule has 2 aromatic rings. The first-order chi connectivity index (χ1) is 21.0. The van der Waals surface area contributed by atoms with Crippen LogP contribution in [0, 0.1) is 23.1 Å². The zero-order valence-corrected chi connectivity index (χ0v) is 27.9. The number of carbonyl (C=O) groups is 1. The Bertz CT molecular complexity index is 1240. The SMILES string of the molecule is CCN(C(=O)c1cc(F)ccc1Oc1nncnc1N1CCC2(C1)CN([C@H](C[C@H](C)CN(C)CCOC)C(C)C)C2)C(C)C. The fraction of sp³-hybridized carbons (Fsp3) is 0.697. The van der Waals surface area contributed by atoms with Gasteiger partial charge in [0.15, 0.2) is 5.82 Å². The molecular weight excluding hydrogens is 561 g/mol. The Labute approximate surface area is 262 Å². The summed E-state index contributed by atoms with van der Waals surface area (Å²) in [6.45, 7) is 19.9. The van der Waals surface area contributed by atoms with Gasteiger partial charge in [0, 0.05) is 70.4 Å². The normalized spacial score (nSPS) is 17.9. The van der Waals surface area contributed by atoms with Gasteiger partial charge in [0.25, 0.3) is 11.8 Å². The van der Waals surface area contributed by atoms with Crippen molar-refractivity contribution in [3.05, 3.63) is 35.9 Å². The fourth-order valence-corrected chi connectivity index (χ4v) is 6.93. The maximum absolute atomic E-state index is 14.3. The number of hydrogen-bond acceptors (Lipinski definition) is 9. The number of halogens is 1. The lowest BCUT2D eigenvalue weighted by molar-refractivity contribution is -0.0387. The minimum Gasteiger partial charge on any atom is -0.434 e. The Morgan fingerprint density at radius 2 is 1.91 bits per heavy atom. The summed E-state index contributed by atoms with van der Waals surface area (Å²) in [5.74, 6) is 1.45. The molecule has 1 aromatic heterocycles. The molecule has 0 N–H and O–H groups in total. The second-order valence-electron chi connectivity index (χ2n) is 13.5. The molecule has 2 aliphatic heterocycles. The van der Waals surface area contributed by atoms with Gasteiger partial charge in [0.2, 0.25) is 0 Å². The molecule has 2 aliphatic rings. The molecule has 4 rings (SSSR count). The molecule has 1 spiro atoms. The first-order valence-electron chi connectivity index (χ1n) is 16.1. The van der Waals surface area contributed by atoms with Gasteiger partial charge in [-0.05, 0) is 70.7 Å². The van der Waals surface area contributed by atoms with Crippen molar-refractivity contribution in [2.45, 2.75) is 66.5 Å². The summed E-state index contributed by atoms with van der Waals surface area (Å²) in [5.41, 5.74) is 0.354. The quantitative estimate of drug-likeness (QED) is 0.281. The van der Waals surface area contributed by atoms with Gasteiger partial charge in [0.05, 0.1) is 12.2 Å². The summed E-state index contributed by atoms with van der Waals surface area (Å²) >= 11 is 0. The standard InChI is InChI=1S/C33H52FN7O3/c1-9-41(24(4)5)32(42)27-17-26(34)10-11-29(27)44-31-30(35-22-36-37-31)39-13-12-33(19-39)20-40(21-33)28(23(2)3)16-25(6)18-38(7)14-15-43-8/h10-11,17,22-25,28H,9,12-16,18-21H2,1-8H3/t25-,28+/m0/s1. The van der Waals surface area contributed by atoms with E-state index in [1.165, 1.54) is 30.9 Å². The molecule has 10 nitrogen and oxygen atoms in total. The summed E-state index contributed by atoms with van der Waals surface area (Å²) in [6, 6.07) is 4.50. The van der Waals surface area contributed by atoms with Gasteiger partial charge in [0.1, 0.15) is 17.9 Å². The average molecular weight is 614 g/mol. The third kappa shape index (κ3) is 8.03. The predicted octanol–water partition coefficient (Wildman–Crippen LogP) is 4.81. The topological polar surface area (TPSA) is 87.2 Å². The van der Waals surface area contributed by atoms with Gasteiger partial charge in [-0.15, -0.1) is 10.2 Å². The maximum atomic E-state index is 14.3. The fourth-order valence-electron chi connectivity index (χ4n) is 6.93. The van der Waals surface area contributed by atoms with Crippen LogP contribution in [0.1, 0.15) is 64.7 Å². The second-order valence-corrected chi connectivity index (χ2v) is 13.5. The highest BCUT2D eigenvalue weighted by atomic mass is 19.1. The molecule has 0 saturated carbocycles. The average Bonchev–Trinajstić information content (AvgIpc) is 3.41. The van der Waals surface area contributed by atoms with Gasteiger partial charge in [-0.3, -0.25) is 9.69 Å². The van der Waals surface area contributed by atoms with E-state index in [1.807, 2.05) is 20.8 Å². The van der Waals surface area contributed by atoms with Gasteiger partial charge in [-0.25, -0.2) is 9.37 Å². The van der Waals surface area contributed by atoms with E-state index in [4.69, 9.17) is 9.47 Å². The molecular formula is C33H52FN7O3. The number of likely N-dealkylation sites (tertiary alicyclic amines) is 1. The van der Waals surface area contributed by atoms with Crippen LogP contribution in [0.25, 0.3) is 0 Å². The Morgan fingerprint density at radius 3 is 2.57 bits per heavy atom. The minimum absolute atomic E-state index is 0.0408. The number of amides is 1. The molecule has 0 unspecified atom stereocenters. The van der Waals surface area contributed by atoms with Crippen LogP contribution in [0.2, 0.25) is 0 Å². The summed E-state index contributed by atoms with van der Waals surface area (Å²) in [5, 5.41) is 8.23. The van der Waals surface area contributed by atoms with Crippen LogP contribution in [0.5, 0.6) is 11.6 Å². The predicted molar refractivity (Wildman–Crippen MR) is 171 cm³/mol. The van der Waals surface area contributed by atoms with Crippen molar-refractivity contribution < 1.29 is 18.7 Å². The largest absolute Gasteiger partial charge is 0.434 e. The monoisotopic (exact) mass is 613 g/mol. The van der Waals surface area contributed by atoms with E-state index >= 15 is 0 Å². The van der Waals surface area contributed by atoms with Crippen LogP contribution < -0.4 is 9.64 Å². The van der Waals surface area contributed by atoms with Gasteiger partial charge >= 0.3 is 0 Å². The van der Waals surface area contributed by atoms with Crippen LogP contribution in [0.15, 0.2) is 24.5 Å². The van der Waals surface area contributed by atoms with Gasteiger partial charge in [-0.2, -0.15) is 0 Å². The molecule has 0 aliphatic carbocycles. The van der Waals surface area contributed by atoms with Crippen molar-refractivity contribution >= 4 is 11.7 Å². The number of nitrogens with zero attached hydrogens (tertiary/aromatic N) is 7. The molecule has 3 heterocycles. The Kier molecular flexibility index (Phi) is 11.5. The van der Waals surface area contributed by atoms with Gasteiger partial charge < -0.3 is 24.2 Å². The van der Waals surface area contributed by atoms with E-state index in [2.05, 4.69) is 57.7 Å². The lowest BCUT2D eigenvalue weighted by atomic mass is 9.76. The second kappa shape index (κ2) is 14.9. The number of benzene rings is 1. The lowest BCUT2D eigenvalue weighted by Crippen LogP contribution is -2.62. The molecule has 2 fully saturated rings. The maximum Gasteiger partial charge on any atom is 0.282 e. The molecule has 1 amide bonds. The third-order valence-corrected chi connectivity index (χ3v) is 9.17. The van der Waals surface area contributed by atoms with Crippen LogP contribution in [-0.4, -0.2) is 114 Å². The van der Waals surface area contributed by atoms with Crippen LogP contribution in [-0.2, 0) is 4.74 Å². The van der Waals surface area contributed by atoms with E-state index in [9.17, 15) is 9.18 Å². The Balaban J connectivity index is 1.43. The lowest BCUT2D eigenvalue weighted by Gasteiger charge is -2.53. The summed E-state index contributed by atoms with van der Waals surface area (Å²) < 4.78 is 25.7. The van der Waals surface area contributed by atoms with E-state index < -0.39 is 5.82 Å². The molecule has 0 radical (unpaired) electrons.